The van der Waals surface area contributed by atoms with Crippen LogP contribution >= 0.6 is 15.9 Å². The van der Waals surface area contributed by atoms with E-state index in [9.17, 15) is 9.18 Å². The Kier molecular flexibility index (Phi) is 5.79. The van der Waals surface area contributed by atoms with Crippen molar-refractivity contribution in [2.24, 2.45) is 5.92 Å². The number of hydrogen-bond acceptors (Lipinski definition) is 4. The molecule has 8 heteroatoms. The zero-order chi connectivity index (χ0) is 20.5. The Balaban J connectivity index is 1.73. The molecular formula is C20H22BrFN2O4. The standard InChI is InChI=1S/C20H22BrFN2O4/c1-11(7-20(2,3)24-19(25)26)9-27-15-5-4-12-13-6-17(21)23-8-16(13)28-10-14(12)18(15)22/h4-6,8,11,24H,7,9-10H2,1-3H3,(H,25,26)/t11-/m0/s1. The van der Waals surface area contributed by atoms with Gasteiger partial charge in [0, 0.05) is 16.7 Å². The van der Waals surface area contributed by atoms with Gasteiger partial charge in [-0.2, -0.15) is 0 Å². The van der Waals surface area contributed by atoms with Gasteiger partial charge in [-0.15, -0.1) is 0 Å². The van der Waals surface area contributed by atoms with Gasteiger partial charge in [0.25, 0.3) is 0 Å². The first-order valence-corrected chi connectivity index (χ1v) is 9.69. The second kappa shape index (κ2) is 7.95. The Bertz CT molecular complexity index is 904. The van der Waals surface area contributed by atoms with E-state index in [-0.39, 0.29) is 24.9 Å². The predicted octanol–water partition coefficient (Wildman–Crippen LogP) is 4.99. The molecule has 2 N–H and O–H groups in total. The molecule has 1 aliphatic heterocycles. The van der Waals surface area contributed by atoms with E-state index in [4.69, 9.17) is 14.6 Å². The molecule has 1 atom stereocenters. The monoisotopic (exact) mass is 452 g/mol. The van der Waals surface area contributed by atoms with E-state index in [0.29, 0.717) is 22.3 Å². The summed E-state index contributed by atoms with van der Waals surface area (Å²) < 4.78 is 27.0. The molecule has 0 saturated carbocycles. The van der Waals surface area contributed by atoms with Crippen molar-refractivity contribution < 1.29 is 23.8 Å². The molecule has 0 fully saturated rings. The van der Waals surface area contributed by atoms with Crippen molar-refractivity contribution in [3.05, 3.63) is 40.4 Å². The predicted molar refractivity (Wildman–Crippen MR) is 106 cm³/mol. The number of hydrogen-bond donors (Lipinski definition) is 2. The van der Waals surface area contributed by atoms with Crippen molar-refractivity contribution in [3.63, 3.8) is 0 Å². The topological polar surface area (TPSA) is 80.7 Å². The summed E-state index contributed by atoms with van der Waals surface area (Å²) in [5.41, 5.74) is 1.39. The molecule has 1 aromatic carbocycles. The third-order valence-corrected chi connectivity index (χ3v) is 4.97. The van der Waals surface area contributed by atoms with Gasteiger partial charge >= 0.3 is 6.09 Å². The molecule has 0 aliphatic carbocycles. The number of fused-ring (bicyclic) bond motifs is 3. The van der Waals surface area contributed by atoms with E-state index in [1.165, 1.54) is 0 Å². The van der Waals surface area contributed by atoms with Gasteiger partial charge in [-0.3, -0.25) is 0 Å². The van der Waals surface area contributed by atoms with Crippen LogP contribution < -0.4 is 14.8 Å². The highest BCUT2D eigenvalue weighted by Crippen LogP contribution is 2.41. The van der Waals surface area contributed by atoms with Crippen LogP contribution in [0, 0.1) is 11.7 Å². The van der Waals surface area contributed by atoms with Gasteiger partial charge in [0.05, 0.1) is 12.8 Å². The zero-order valence-electron chi connectivity index (χ0n) is 15.9. The number of rotatable bonds is 6. The average molecular weight is 453 g/mol. The van der Waals surface area contributed by atoms with Crippen LogP contribution in [0.1, 0.15) is 32.8 Å². The summed E-state index contributed by atoms with van der Waals surface area (Å²) in [6, 6.07) is 5.24. The van der Waals surface area contributed by atoms with Gasteiger partial charge in [0.1, 0.15) is 17.0 Å². The summed E-state index contributed by atoms with van der Waals surface area (Å²) in [5, 5.41) is 11.4. The van der Waals surface area contributed by atoms with Crippen LogP contribution in [-0.4, -0.2) is 28.3 Å². The normalized spacial score (nSPS) is 13.8. The number of aromatic nitrogens is 1. The van der Waals surface area contributed by atoms with Crippen LogP contribution in [0.25, 0.3) is 11.1 Å². The number of nitrogens with one attached hydrogen (secondary N) is 1. The van der Waals surface area contributed by atoms with Crippen molar-refractivity contribution in [3.8, 4) is 22.6 Å². The third-order valence-electron chi connectivity index (χ3n) is 4.53. The van der Waals surface area contributed by atoms with Crippen molar-refractivity contribution in [2.75, 3.05) is 6.61 Å². The Morgan fingerprint density at radius 3 is 2.93 bits per heavy atom. The maximum absolute atomic E-state index is 15.0. The molecule has 1 amide bonds. The smallest absolute Gasteiger partial charge is 0.405 e. The number of amides is 1. The first-order valence-electron chi connectivity index (χ1n) is 8.90. The average Bonchev–Trinajstić information content (AvgIpc) is 2.59. The lowest BCUT2D eigenvalue weighted by Gasteiger charge is -2.28. The number of carboxylic acid groups (broad SMARTS) is 1. The molecule has 3 rings (SSSR count). The molecule has 0 spiro atoms. The van der Waals surface area contributed by atoms with E-state index in [1.807, 2.05) is 13.0 Å². The highest BCUT2D eigenvalue weighted by atomic mass is 79.9. The summed E-state index contributed by atoms with van der Waals surface area (Å²) in [4.78, 5) is 15.0. The van der Waals surface area contributed by atoms with E-state index in [2.05, 4.69) is 26.2 Å². The fraction of sp³-hybridized carbons (Fsp3) is 0.400. The summed E-state index contributed by atoms with van der Waals surface area (Å²) in [7, 11) is 0. The number of pyridine rings is 1. The van der Waals surface area contributed by atoms with Crippen molar-refractivity contribution in [1.82, 2.24) is 10.3 Å². The van der Waals surface area contributed by atoms with Crippen LogP contribution in [-0.2, 0) is 6.61 Å². The molecule has 0 radical (unpaired) electrons. The second-order valence-corrected chi connectivity index (χ2v) is 8.44. The van der Waals surface area contributed by atoms with Crippen LogP contribution in [0.2, 0.25) is 0 Å². The molecule has 150 valence electrons. The fourth-order valence-corrected chi connectivity index (χ4v) is 3.83. The molecule has 2 heterocycles. The van der Waals surface area contributed by atoms with Gasteiger partial charge in [-0.05, 0) is 65.9 Å². The quantitative estimate of drug-likeness (QED) is 0.603. The second-order valence-electron chi connectivity index (χ2n) is 7.63. The van der Waals surface area contributed by atoms with E-state index in [1.54, 1.807) is 32.2 Å². The Labute approximate surface area is 171 Å². The molecule has 6 nitrogen and oxygen atoms in total. The molecule has 1 aromatic heterocycles. The lowest BCUT2D eigenvalue weighted by atomic mass is 9.92. The van der Waals surface area contributed by atoms with Crippen molar-refractivity contribution in [2.45, 2.75) is 39.3 Å². The number of halogens is 2. The molecule has 28 heavy (non-hydrogen) atoms. The van der Waals surface area contributed by atoms with E-state index >= 15 is 0 Å². The van der Waals surface area contributed by atoms with Crippen LogP contribution in [0.15, 0.2) is 29.0 Å². The number of nitrogens with zero attached hydrogens (tertiary/aromatic N) is 1. The van der Waals surface area contributed by atoms with Gasteiger partial charge in [-0.25, -0.2) is 14.2 Å². The summed E-state index contributed by atoms with van der Waals surface area (Å²) >= 11 is 3.33. The van der Waals surface area contributed by atoms with E-state index in [0.717, 1.165) is 11.1 Å². The Morgan fingerprint density at radius 1 is 1.46 bits per heavy atom. The lowest BCUT2D eigenvalue weighted by molar-refractivity contribution is 0.168. The highest BCUT2D eigenvalue weighted by Gasteiger charge is 2.25. The van der Waals surface area contributed by atoms with Crippen LogP contribution in [0.5, 0.6) is 11.5 Å². The minimum atomic E-state index is -1.07. The minimum Gasteiger partial charge on any atom is -0.490 e. The molecule has 2 aromatic rings. The highest BCUT2D eigenvalue weighted by molar-refractivity contribution is 9.10. The number of carbonyl (C=O) groups is 1. The first-order chi connectivity index (χ1) is 13.2. The molecule has 0 unspecified atom stereocenters. The van der Waals surface area contributed by atoms with Crippen LogP contribution in [0.4, 0.5) is 9.18 Å². The van der Waals surface area contributed by atoms with Crippen molar-refractivity contribution in [1.29, 1.82) is 0 Å². The summed E-state index contributed by atoms with van der Waals surface area (Å²) in [6.45, 7) is 5.93. The summed E-state index contributed by atoms with van der Waals surface area (Å²) in [5.74, 6) is 0.364. The molecule has 0 bridgehead atoms. The Hall–Kier alpha value is -2.35. The molecule has 1 aliphatic rings. The maximum atomic E-state index is 15.0. The fourth-order valence-electron chi connectivity index (χ4n) is 3.50. The summed E-state index contributed by atoms with van der Waals surface area (Å²) in [6.07, 6.45) is 1.10. The van der Waals surface area contributed by atoms with Gasteiger partial charge in [-0.1, -0.05) is 6.92 Å². The zero-order valence-corrected chi connectivity index (χ0v) is 17.5. The SMILES string of the molecule is C[C@H](COc1ccc2c(c1F)COc1cnc(Br)cc1-2)CC(C)(C)NC(=O)O. The first kappa shape index (κ1) is 20.4. The maximum Gasteiger partial charge on any atom is 0.405 e. The minimum absolute atomic E-state index is 0.0243. The lowest BCUT2D eigenvalue weighted by Crippen LogP contribution is -2.44. The number of benzene rings is 1. The molecular weight excluding hydrogens is 431 g/mol. The van der Waals surface area contributed by atoms with Crippen molar-refractivity contribution >= 4 is 22.0 Å². The third kappa shape index (κ3) is 4.55. The van der Waals surface area contributed by atoms with E-state index < -0.39 is 17.4 Å². The largest absolute Gasteiger partial charge is 0.490 e. The van der Waals surface area contributed by atoms with Gasteiger partial charge in [0.15, 0.2) is 11.6 Å². The Morgan fingerprint density at radius 2 is 2.21 bits per heavy atom. The van der Waals surface area contributed by atoms with Gasteiger partial charge in [0.2, 0.25) is 0 Å². The van der Waals surface area contributed by atoms with Crippen LogP contribution in [0.3, 0.4) is 0 Å². The number of ether oxygens (including phenoxy) is 2. The molecule has 0 saturated heterocycles. The van der Waals surface area contributed by atoms with Gasteiger partial charge < -0.3 is 19.9 Å².